The number of anilines is 1. The SMILES string of the molecule is C/C(=N\Oc1ccnc(C(F)(F)F)n1)c1cnc(C)nc1C1CCN(C(=O)Nc2c(F)cccc2F)CC1. The zero-order chi connectivity index (χ0) is 27.4. The number of amides is 2. The van der Waals surface area contributed by atoms with Gasteiger partial charge in [0.2, 0.25) is 5.82 Å². The molecule has 4 rings (SSSR count). The predicted molar refractivity (Wildman–Crippen MR) is 126 cm³/mol. The fraction of sp³-hybridized carbons (Fsp3) is 0.333. The second-order valence-corrected chi connectivity index (χ2v) is 8.49. The van der Waals surface area contributed by atoms with Crippen molar-refractivity contribution >= 4 is 17.4 Å². The average molecular weight is 535 g/mol. The summed E-state index contributed by atoms with van der Waals surface area (Å²) >= 11 is 0. The van der Waals surface area contributed by atoms with E-state index in [9.17, 15) is 26.7 Å². The van der Waals surface area contributed by atoms with Crippen molar-refractivity contribution in [2.45, 2.75) is 38.8 Å². The number of rotatable bonds is 5. The van der Waals surface area contributed by atoms with Gasteiger partial charge in [0.1, 0.15) is 23.1 Å². The first kappa shape index (κ1) is 26.8. The van der Waals surface area contributed by atoms with Crippen molar-refractivity contribution in [3.8, 4) is 5.88 Å². The second-order valence-electron chi connectivity index (χ2n) is 8.49. The first-order valence-corrected chi connectivity index (χ1v) is 11.5. The van der Waals surface area contributed by atoms with Crippen LogP contribution in [0, 0.1) is 18.6 Å². The van der Waals surface area contributed by atoms with Crippen molar-refractivity contribution in [1.82, 2.24) is 24.8 Å². The second kappa shape index (κ2) is 11.0. The summed E-state index contributed by atoms with van der Waals surface area (Å²) in [5, 5.41) is 6.19. The molecule has 38 heavy (non-hydrogen) atoms. The number of benzene rings is 1. The summed E-state index contributed by atoms with van der Waals surface area (Å²) < 4.78 is 66.4. The molecule has 3 heterocycles. The Morgan fingerprint density at radius 3 is 2.45 bits per heavy atom. The molecule has 0 radical (unpaired) electrons. The molecule has 1 aliphatic heterocycles. The van der Waals surface area contributed by atoms with E-state index < -0.39 is 35.4 Å². The number of piperidine rings is 1. The number of halogens is 5. The van der Waals surface area contributed by atoms with E-state index in [1.165, 1.54) is 11.0 Å². The fourth-order valence-corrected chi connectivity index (χ4v) is 3.93. The Morgan fingerprint density at radius 2 is 1.79 bits per heavy atom. The van der Waals surface area contributed by atoms with Gasteiger partial charge in [-0.1, -0.05) is 11.2 Å². The molecule has 0 saturated carbocycles. The summed E-state index contributed by atoms with van der Waals surface area (Å²) in [5.41, 5.74) is 0.965. The highest BCUT2D eigenvalue weighted by atomic mass is 19.4. The van der Waals surface area contributed by atoms with Crippen molar-refractivity contribution < 1.29 is 31.6 Å². The first-order valence-electron chi connectivity index (χ1n) is 11.5. The number of aryl methyl sites for hydroxylation is 1. The van der Waals surface area contributed by atoms with E-state index in [-0.39, 0.29) is 11.8 Å². The lowest BCUT2D eigenvalue weighted by atomic mass is 9.90. The van der Waals surface area contributed by atoms with Gasteiger partial charge in [0.25, 0.3) is 5.88 Å². The highest BCUT2D eigenvalue weighted by Gasteiger charge is 2.35. The minimum Gasteiger partial charge on any atom is -0.336 e. The maximum atomic E-state index is 13.9. The van der Waals surface area contributed by atoms with Crippen LogP contribution in [0.5, 0.6) is 5.88 Å². The lowest BCUT2D eigenvalue weighted by Gasteiger charge is -2.32. The number of hydrogen-bond acceptors (Lipinski definition) is 7. The van der Waals surface area contributed by atoms with Crippen LogP contribution in [-0.4, -0.2) is 49.7 Å². The number of likely N-dealkylation sites (tertiary alicyclic amines) is 1. The van der Waals surface area contributed by atoms with Crippen molar-refractivity contribution in [2.24, 2.45) is 5.16 Å². The summed E-state index contributed by atoms with van der Waals surface area (Å²) in [6.07, 6.45) is -1.29. The molecular weight excluding hydrogens is 513 g/mol. The topological polar surface area (TPSA) is 105 Å². The van der Waals surface area contributed by atoms with Crippen LogP contribution >= 0.6 is 0 Å². The molecule has 0 unspecified atom stereocenters. The summed E-state index contributed by atoms with van der Waals surface area (Å²) in [4.78, 5) is 34.4. The molecule has 14 heteroatoms. The number of hydrogen-bond donors (Lipinski definition) is 1. The van der Waals surface area contributed by atoms with Gasteiger partial charge in [0.05, 0.1) is 11.4 Å². The van der Waals surface area contributed by atoms with Crippen LogP contribution in [0.4, 0.5) is 32.4 Å². The third-order valence-electron chi connectivity index (χ3n) is 5.85. The Morgan fingerprint density at radius 1 is 1.11 bits per heavy atom. The highest BCUT2D eigenvalue weighted by molar-refractivity contribution is 5.99. The van der Waals surface area contributed by atoms with Crippen LogP contribution in [-0.2, 0) is 6.18 Å². The number of nitrogens with zero attached hydrogens (tertiary/aromatic N) is 6. The van der Waals surface area contributed by atoms with E-state index in [1.807, 2.05) is 0 Å². The monoisotopic (exact) mass is 535 g/mol. The Balaban J connectivity index is 1.46. The Labute approximate surface area is 213 Å². The number of alkyl halides is 3. The van der Waals surface area contributed by atoms with Crippen molar-refractivity contribution in [1.29, 1.82) is 0 Å². The van der Waals surface area contributed by atoms with E-state index in [2.05, 4.69) is 30.4 Å². The molecule has 9 nitrogen and oxygen atoms in total. The van der Waals surface area contributed by atoms with Crippen LogP contribution in [0.1, 0.15) is 48.6 Å². The predicted octanol–water partition coefficient (Wildman–Crippen LogP) is 5.09. The molecule has 0 bridgehead atoms. The molecular formula is C24H22F5N7O2. The van der Waals surface area contributed by atoms with Crippen LogP contribution in [0.3, 0.4) is 0 Å². The lowest BCUT2D eigenvalue weighted by Crippen LogP contribution is -2.41. The van der Waals surface area contributed by atoms with Crippen LogP contribution in [0.2, 0.25) is 0 Å². The van der Waals surface area contributed by atoms with Gasteiger partial charge >= 0.3 is 12.2 Å². The number of oxime groups is 1. The van der Waals surface area contributed by atoms with Gasteiger partial charge in [0.15, 0.2) is 0 Å². The molecule has 200 valence electrons. The average Bonchev–Trinajstić information content (AvgIpc) is 2.89. The number of para-hydroxylation sites is 1. The summed E-state index contributed by atoms with van der Waals surface area (Å²) in [5.74, 6) is -3.09. The molecule has 1 aromatic carbocycles. The first-order chi connectivity index (χ1) is 18.0. The van der Waals surface area contributed by atoms with Gasteiger partial charge in [0, 0.05) is 43.0 Å². The summed E-state index contributed by atoms with van der Waals surface area (Å²) in [6.45, 7) is 3.89. The smallest absolute Gasteiger partial charge is 0.336 e. The summed E-state index contributed by atoms with van der Waals surface area (Å²) in [6, 6.07) is 3.83. The van der Waals surface area contributed by atoms with E-state index in [1.54, 1.807) is 20.0 Å². The molecule has 1 fully saturated rings. The van der Waals surface area contributed by atoms with Gasteiger partial charge in [-0.05, 0) is 38.8 Å². The number of nitrogens with one attached hydrogen (secondary N) is 1. The van der Waals surface area contributed by atoms with Crippen molar-refractivity contribution in [3.63, 3.8) is 0 Å². The molecule has 3 aromatic rings. The van der Waals surface area contributed by atoms with Crippen molar-refractivity contribution in [3.05, 3.63) is 71.2 Å². The third-order valence-corrected chi connectivity index (χ3v) is 5.85. The molecule has 0 spiro atoms. The molecule has 2 amide bonds. The maximum absolute atomic E-state index is 13.9. The molecule has 1 N–H and O–H groups in total. The quantitative estimate of drug-likeness (QED) is 0.277. The van der Waals surface area contributed by atoms with Crippen LogP contribution in [0.15, 0.2) is 41.8 Å². The standard InChI is InChI=1S/C24H22F5N7O2/c1-13(35-38-19-6-9-30-22(33-19)24(27,28)29)16-12-31-14(2)32-20(16)15-7-10-36(11-8-15)23(37)34-21-17(25)4-3-5-18(21)26/h3-6,9,12,15H,7-8,10-11H2,1-2H3,(H,34,37)/b35-13+. The van der Waals surface area contributed by atoms with Gasteiger partial charge in [-0.3, -0.25) is 0 Å². The van der Waals surface area contributed by atoms with Gasteiger partial charge in [-0.15, -0.1) is 0 Å². The molecule has 1 aliphatic rings. The fourth-order valence-electron chi connectivity index (χ4n) is 3.93. The highest BCUT2D eigenvalue weighted by Crippen LogP contribution is 2.30. The minimum absolute atomic E-state index is 0.109. The maximum Gasteiger partial charge on any atom is 0.451 e. The van der Waals surface area contributed by atoms with Gasteiger partial charge in [-0.2, -0.15) is 18.2 Å². The number of carbonyl (C=O) groups excluding carboxylic acids is 1. The van der Waals surface area contributed by atoms with Crippen LogP contribution < -0.4 is 10.2 Å². The van der Waals surface area contributed by atoms with E-state index in [0.29, 0.717) is 48.7 Å². The normalized spacial score (nSPS) is 14.9. The number of carbonyl (C=O) groups is 1. The zero-order valence-electron chi connectivity index (χ0n) is 20.3. The summed E-state index contributed by atoms with van der Waals surface area (Å²) in [7, 11) is 0. The number of urea groups is 1. The van der Waals surface area contributed by atoms with E-state index in [0.717, 1.165) is 24.4 Å². The van der Waals surface area contributed by atoms with Gasteiger partial charge in [-0.25, -0.2) is 28.5 Å². The van der Waals surface area contributed by atoms with Crippen molar-refractivity contribution in [2.75, 3.05) is 18.4 Å². The zero-order valence-corrected chi connectivity index (χ0v) is 20.3. The lowest BCUT2D eigenvalue weighted by molar-refractivity contribution is -0.145. The Bertz CT molecular complexity index is 1340. The largest absolute Gasteiger partial charge is 0.451 e. The van der Waals surface area contributed by atoms with Crippen LogP contribution in [0.25, 0.3) is 0 Å². The minimum atomic E-state index is -4.73. The molecule has 1 saturated heterocycles. The molecule has 2 aromatic heterocycles. The Kier molecular flexibility index (Phi) is 7.78. The van der Waals surface area contributed by atoms with Gasteiger partial charge < -0.3 is 15.1 Å². The molecule has 0 aliphatic carbocycles. The van der Waals surface area contributed by atoms with E-state index in [4.69, 9.17) is 4.84 Å². The number of aromatic nitrogens is 4. The third kappa shape index (κ3) is 6.18. The van der Waals surface area contributed by atoms with E-state index >= 15 is 0 Å². The molecule has 0 atom stereocenters. The Hall–Kier alpha value is -4.23.